The molecule has 0 atom stereocenters. The van der Waals surface area contributed by atoms with Gasteiger partial charge in [0.05, 0.1) is 5.69 Å². The summed E-state index contributed by atoms with van der Waals surface area (Å²) < 4.78 is 0. The second kappa shape index (κ2) is 5.40. The van der Waals surface area contributed by atoms with E-state index in [0.29, 0.717) is 5.70 Å². The molecular formula is C10H13N5O. The summed E-state index contributed by atoms with van der Waals surface area (Å²) in [5, 5.41) is 8.93. The van der Waals surface area contributed by atoms with Crippen molar-refractivity contribution in [2.75, 3.05) is 0 Å². The van der Waals surface area contributed by atoms with E-state index in [1.165, 1.54) is 6.20 Å². The number of H-pyrrole nitrogens is 1. The largest absolute Gasteiger partial charge is 0.405 e. The Bertz CT molecular complexity index is 430. The zero-order valence-corrected chi connectivity index (χ0v) is 8.60. The van der Waals surface area contributed by atoms with Crippen molar-refractivity contribution in [2.24, 2.45) is 11.5 Å². The number of carbonyl (C=O) groups is 1. The van der Waals surface area contributed by atoms with Crippen LogP contribution >= 0.6 is 0 Å². The van der Waals surface area contributed by atoms with Crippen LogP contribution in [0, 0.1) is 0 Å². The lowest BCUT2D eigenvalue weighted by Gasteiger charge is -2.02. The van der Waals surface area contributed by atoms with E-state index in [2.05, 4.69) is 22.1 Å². The molecule has 6 nitrogen and oxygen atoms in total. The van der Waals surface area contributed by atoms with Gasteiger partial charge in [-0.3, -0.25) is 5.10 Å². The third kappa shape index (κ3) is 3.33. The van der Waals surface area contributed by atoms with Crippen LogP contribution in [-0.2, 0) is 0 Å². The number of hydrogen-bond acceptors (Lipinski definition) is 3. The number of amides is 2. The van der Waals surface area contributed by atoms with Crippen molar-refractivity contribution in [3.63, 3.8) is 0 Å². The van der Waals surface area contributed by atoms with Gasteiger partial charge in [0, 0.05) is 17.5 Å². The van der Waals surface area contributed by atoms with Crippen LogP contribution in [0.25, 0.3) is 5.57 Å². The van der Waals surface area contributed by atoms with Gasteiger partial charge in [0.1, 0.15) is 0 Å². The van der Waals surface area contributed by atoms with E-state index in [1.54, 1.807) is 24.4 Å². The van der Waals surface area contributed by atoms with Gasteiger partial charge < -0.3 is 16.8 Å². The number of aromatic nitrogens is 2. The first-order valence-electron chi connectivity index (χ1n) is 4.48. The molecular weight excluding hydrogens is 206 g/mol. The number of nitrogens with one attached hydrogen (secondary N) is 2. The lowest BCUT2D eigenvalue weighted by atomic mass is 10.1. The molecule has 1 aromatic rings. The molecule has 0 radical (unpaired) electrons. The molecule has 0 unspecified atom stereocenters. The topological polar surface area (TPSA) is 110 Å². The predicted octanol–water partition coefficient (Wildman–Crippen LogP) is 0.448. The molecule has 0 saturated carbocycles. The maximum absolute atomic E-state index is 10.6. The van der Waals surface area contributed by atoms with Gasteiger partial charge in [-0.1, -0.05) is 6.58 Å². The third-order valence-corrected chi connectivity index (χ3v) is 1.70. The molecule has 0 aliphatic carbocycles. The van der Waals surface area contributed by atoms with Crippen molar-refractivity contribution in [1.29, 1.82) is 0 Å². The quantitative estimate of drug-likeness (QED) is 0.552. The highest BCUT2D eigenvalue weighted by atomic mass is 16.2. The number of urea groups is 1. The van der Waals surface area contributed by atoms with Gasteiger partial charge in [-0.05, 0) is 24.4 Å². The fourth-order valence-electron chi connectivity index (χ4n) is 1.12. The first kappa shape index (κ1) is 11.6. The zero-order chi connectivity index (χ0) is 12.0. The molecule has 1 aromatic heterocycles. The number of hydrogen-bond donors (Lipinski definition) is 4. The standard InChI is InChI=1S/C10H13N5O/c1-7(14-10(12)16)6-8(2-4-11)9-3-5-13-15-9/h2-6H,1,11H2,(H,13,15)(H3,12,14,16)/b4-2-,8-6+. The lowest BCUT2D eigenvalue weighted by Crippen LogP contribution is -2.27. The van der Waals surface area contributed by atoms with Gasteiger partial charge in [-0.2, -0.15) is 5.10 Å². The minimum absolute atomic E-state index is 0.371. The van der Waals surface area contributed by atoms with Crippen molar-refractivity contribution >= 4 is 11.6 Å². The molecule has 0 aliphatic rings. The first-order valence-corrected chi connectivity index (χ1v) is 4.48. The van der Waals surface area contributed by atoms with Crippen LogP contribution in [0.4, 0.5) is 4.79 Å². The number of nitrogens with zero attached hydrogens (tertiary/aromatic N) is 1. The Morgan fingerprint density at radius 1 is 1.62 bits per heavy atom. The number of primary amides is 1. The van der Waals surface area contributed by atoms with E-state index in [-0.39, 0.29) is 0 Å². The minimum atomic E-state index is -0.665. The van der Waals surface area contributed by atoms with Gasteiger partial charge in [0.2, 0.25) is 0 Å². The molecule has 0 fully saturated rings. The maximum Gasteiger partial charge on any atom is 0.316 e. The molecule has 0 aliphatic heterocycles. The Balaban J connectivity index is 2.90. The van der Waals surface area contributed by atoms with Crippen molar-refractivity contribution in [3.8, 4) is 0 Å². The smallest absolute Gasteiger partial charge is 0.316 e. The maximum atomic E-state index is 10.6. The third-order valence-electron chi connectivity index (χ3n) is 1.70. The molecule has 0 aromatic carbocycles. The number of aromatic amines is 1. The fourth-order valence-corrected chi connectivity index (χ4v) is 1.12. The van der Waals surface area contributed by atoms with E-state index in [1.807, 2.05) is 0 Å². The molecule has 6 N–H and O–H groups in total. The minimum Gasteiger partial charge on any atom is -0.405 e. The summed E-state index contributed by atoms with van der Waals surface area (Å²) in [6, 6.07) is 1.10. The molecule has 0 spiro atoms. The average molecular weight is 219 g/mol. The number of nitrogens with two attached hydrogens (primary N) is 2. The first-order chi connectivity index (χ1) is 7.63. The van der Waals surface area contributed by atoms with E-state index >= 15 is 0 Å². The second-order valence-electron chi connectivity index (χ2n) is 2.94. The molecule has 84 valence electrons. The Hall–Kier alpha value is -2.50. The van der Waals surface area contributed by atoms with Crippen molar-refractivity contribution < 1.29 is 4.79 Å². The van der Waals surface area contributed by atoms with E-state index in [9.17, 15) is 4.79 Å². The Morgan fingerprint density at radius 3 is 2.88 bits per heavy atom. The van der Waals surface area contributed by atoms with Crippen LogP contribution in [0.5, 0.6) is 0 Å². The fraction of sp³-hybridized carbons (Fsp3) is 0. The highest BCUT2D eigenvalue weighted by Gasteiger charge is 2.01. The molecule has 2 amide bonds. The molecule has 16 heavy (non-hydrogen) atoms. The SMILES string of the molecule is C=C(/C=C(\C=C/N)c1ccn[nH]1)NC(N)=O. The van der Waals surface area contributed by atoms with Crippen LogP contribution in [0.3, 0.4) is 0 Å². The predicted molar refractivity (Wildman–Crippen MR) is 61.8 cm³/mol. The van der Waals surface area contributed by atoms with Crippen LogP contribution in [-0.4, -0.2) is 16.2 Å². The van der Waals surface area contributed by atoms with Gasteiger partial charge in [0.25, 0.3) is 0 Å². The van der Waals surface area contributed by atoms with E-state index in [0.717, 1.165) is 11.3 Å². The molecule has 0 saturated heterocycles. The monoisotopic (exact) mass is 219 g/mol. The van der Waals surface area contributed by atoms with Crippen LogP contribution < -0.4 is 16.8 Å². The Kier molecular flexibility index (Phi) is 3.90. The van der Waals surface area contributed by atoms with Crippen molar-refractivity contribution in [2.45, 2.75) is 0 Å². The molecule has 1 rings (SSSR count). The molecule has 1 heterocycles. The van der Waals surface area contributed by atoms with Gasteiger partial charge >= 0.3 is 6.03 Å². The van der Waals surface area contributed by atoms with Gasteiger partial charge in [0.15, 0.2) is 0 Å². The van der Waals surface area contributed by atoms with Crippen molar-refractivity contribution in [3.05, 3.63) is 48.6 Å². The lowest BCUT2D eigenvalue weighted by molar-refractivity contribution is 0.251. The summed E-state index contributed by atoms with van der Waals surface area (Å²) in [4.78, 5) is 10.6. The summed E-state index contributed by atoms with van der Waals surface area (Å²) in [5.74, 6) is 0. The number of carbonyl (C=O) groups excluding carboxylic acids is 1. The summed E-state index contributed by atoms with van der Waals surface area (Å²) in [6.07, 6.45) is 6.27. The summed E-state index contributed by atoms with van der Waals surface area (Å²) in [7, 11) is 0. The van der Waals surface area contributed by atoms with Gasteiger partial charge in [-0.15, -0.1) is 0 Å². The van der Waals surface area contributed by atoms with Crippen LogP contribution in [0.2, 0.25) is 0 Å². The molecule has 6 heteroatoms. The van der Waals surface area contributed by atoms with E-state index < -0.39 is 6.03 Å². The number of rotatable bonds is 4. The number of allylic oxidation sites excluding steroid dienone is 3. The Labute approximate surface area is 92.7 Å². The normalized spacial score (nSPS) is 11.6. The van der Waals surface area contributed by atoms with Crippen molar-refractivity contribution in [1.82, 2.24) is 15.5 Å². The average Bonchev–Trinajstić information content (AvgIpc) is 2.68. The highest BCUT2D eigenvalue weighted by molar-refractivity contribution is 5.78. The summed E-state index contributed by atoms with van der Waals surface area (Å²) in [5.41, 5.74) is 12.1. The van der Waals surface area contributed by atoms with Gasteiger partial charge in [-0.25, -0.2) is 4.79 Å². The zero-order valence-electron chi connectivity index (χ0n) is 8.60. The summed E-state index contributed by atoms with van der Waals surface area (Å²) in [6.45, 7) is 3.63. The van der Waals surface area contributed by atoms with Crippen LogP contribution in [0.15, 0.2) is 42.9 Å². The second-order valence-corrected chi connectivity index (χ2v) is 2.94. The summed E-state index contributed by atoms with van der Waals surface area (Å²) >= 11 is 0. The van der Waals surface area contributed by atoms with Crippen LogP contribution in [0.1, 0.15) is 5.69 Å². The van der Waals surface area contributed by atoms with E-state index in [4.69, 9.17) is 11.5 Å². The Morgan fingerprint density at radius 2 is 2.38 bits per heavy atom. The highest BCUT2D eigenvalue weighted by Crippen LogP contribution is 2.13. The molecule has 0 bridgehead atoms.